The maximum Gasteiger partial charge on any atom is 0.321 e. The van der Waals surface area contributed by atoms with Crippen molar-refractivity contribution in [1.29, 1.82) is 0 Å². The molecule has 0 fully saturated rings. The van der Waals surface area contributed by atoms with Crippen molar-refractivity contribution < 1.29 is 9.59 Å². The van der Waals surface area contributed by atoms with Crippen LogP contribution in [0.15, 0.2) is 35.2 Å². The van der Waals surface area contributed by atoms with Gasteiger partial charge in [-0.2, -0.15) is 0 Å². The average Bonchev–Trinajstić information content (AvgIpc) is 3.20. The predicted molar refractivity (Wildman–Crippen MR) is 88.1 cm³/mol. The number of imidazole rings is 1. The van der Waals surface area contributed by atoms with Gasteiger partial charge in [0.15, 0.2) is 5.82 Å². The topological polar surface area (TPSA) is 88.9 Å². The van der Waals surface area contributed by atoms with Crippen LogP contribution in [-0.2, 0) is 11.3 Å². The van der Waals surface area contributed by atoms with Gasteiger partial charge in [0.2, 0.25) is 5.91 Å². The van der Waals surface area contributed by atoms with Crippen LogP contribution in [0.3, 0.4) is 0 Å². The predicted octanol–water partition coefficient (Wildman–Crippen LogP) is 2.01. The summed E-state index contributed by atoms with van der Waals surface area (Å²) >= 11 is 1.49. The summed E-state index contributed by atoms with van der Waals surface area (Å²) in [5.41, 5.74) is 4.31. The van der Waals surface area contributed by atoms with Crippen LogP contribution in [0.1, 0.15) is 6.42 Å². The monoisotopic (exact) mass is 329 g/mol. The Balaban J connectivity index is 1.88. The normalized spacial score (nSPS) is 10.7. The van der Waals surface area contributed by atoms with E-state index in [2.05, 4.69) is 20.6 Å². The van der Waals surface area contributed by atoms with Crippen molar-refractivity contribution in [3.63, 3.8) is 0 Å². The lowest BCUT2D eigenvalue weighted by Crippen LogP contribution is -2.37. The molecule has 0 aliphatic carbocycles. The van der Waals surface area contributed by atoms with Crippen molar-refractivity contribution in [3.05, 3.63) is 35.2 Å². The minimum atomic E-state index is -0.509. The van der Waals surface area contributed by atoms with Crippen molar-refractivity contribution in [2.24, 2.45) is 0 Å². The number of aryl methyl sites for hydroxylation is 1. The maximum atomic E-state index is 11.8. The van der Waals surface area contributed by atoms with E-state index in [1.807, 2.05) is 34.2 Å². The van der Waals surface area contributed by atoms with Gasteiger partial charge in [-0.05, 0) is 12.1 Å². The first kappa shape index (κ1) is 15.2. The molecule has 0 atom stereocenters. The van der Waals surface area contributed by atoms with E-state index < -0.39 is 6.03 Å². The standard InChI is InChI=1S/C15H15N5O2S/c1-16-15(22)19-13(21)6-7-20-12-5-3-2-4-10(12)18-14(20)11-8-23-9-17-11/h2-5,8-9H,6-7H2,1H3,(H2,16,19,21,22). The highest BCUT2D eigenvalue weighted by Gasteiger charge is 2.15. The summed E-state index contributed by atoms with van der Waals surface area (Å²) in [6, 6.07) is 7.21. The van der Waals surface area contributed by atoms with Gasteiger partial charge < -0.3 is 9.88 Å². The van der Waals surface area contributed by atoms with Crippen molar-refractivity contribution >= 4 is 34.3 Å². The Kier molecular flexibility index (Phi) is 4.33. The van der Waals surface area contributed by atoms with E-state index in [0.29, 0.717) is 6.54 Å². The Bertz CT molecular complexity index is 841. The molecule has 0 aliphatic heterocycles. The van der Waals surface area contributed by atoms with Crippen LogP contribution in [0.2, 0.25) is 0 Å². The second-order valence-corrected chi connectivity index (χ2v) is 5.55. The van der Waals surface area contributed by atoms with Gasteiger partial charge in [-0.15, -0.1) is 11.3 Å². The minimum Gasteiger partial charge on any atom is -0.341 e. The van der Waals surface area contributed by atoms with Gasteiger partial charge >= 0.3 is 6.03 Å². The molecule has 23 heavy (non-hydrogen) atoms. The number of aromatic nitrogens is 3. The number of nitrogens with one attached hydrogen (secondary N) is 2. The fourth-order valence-corrected chi connectivity index (χ4v) is 2.82. The van der Waals surface area contributed by atoms with Gasteiger partial charge in [0.05, 0.1) is 16.5 Å². The molecule has 2 aromatic heterocycles. The molecule has 0 saturated heterocycles. The molecule has 3 rings (SSSR count). The highest BCUT2D eigenvalue weighted by Crippen LogP contribution is 2.24. The van der Waals surface area contributed by atoms with E-state index in [0.717, 1.165) is 22.6 Å². The van der Waals surface area contributed by atoms with Crippen LogP contribution in [0.25, 0.3) is 22.6 Å². The third kappa shape index (κ3) is 3.21. The number of fused-ring (bicyclic) bond motifs is 1. The van der Waals surface area contributed by atoms with Gasteiger partial charge in [-0.1, -0.05) is 12.1 Å². The Hall–Kier alpha value is -2.74. The van der Waals surface area contributed by atoms with Gasteiger partial charge in [-0.25, -0.2) is 14.8 Å². The van der Waals surface area contributed by atoms with Gasteiger partial charge in [0.1, 0.15) is 5.69 Å². The number of hydrogen-bond donors (Lipinski definition) is 2. The zero-order valence-electron chi connectivity index (χ0n) is 12.4. The molecule has 0 radical (unpaired) electrons. The highest BCUT2D eigenvalue weighted by atomic mass is 32.1. The van der Waals surface area contributed by atoms with Gasteiger partial charge in [-0.3, -0.25) is 10.1 Å². The summed E-state index contributed by atoms with van der Waals surface area (Å²) in [6.07, 6.45) is 0.172. The number of urea groups is 1. The Morgan fingerprint density at radius 1 is 1.30 bits per heavy atom. The van der Waals surface area contributed by atoms with Crippen LogP contribution in [-0.4, -0.2) is 33.5 Å². The summed E-state index contributed by atoms with van der Waals surface area (Å²) in [4.78, 5) is 31.9. The second kappa shape index (κ2) is 6.57. The lowest BCUT2D eigenvalue weighted by Gasteiger charge is -2.08. The maximum absolute atomic E-state index is 11.8. The van der Waals surface area contributed by atoms with E-state index in [4.69, 9.17) is 0 Å². The van der Waals surface area contributed by atoms with Gasteiger partial charge in [0.25, 0.3) is 0 Å². The number of nitrogens with zero attached hydrogens (tertiary/aromatic N) is 3. The molecular weight excluding hydrogens is 314 g/mol. The van der Waals surface area contributed by atoms with Crippen molar-refractivity contribution in [2.75, 3.05) is 7.05 Å². The summed E-state index contributed by atoms with van der Waals surface area (Å²) in [6.45, 7) is 0.413. The number of carbonyl (C=O) groups is 2. The third-order valence-electron chi connectivity index (χ3n) is 3.36. The number of imide groups is 1. The smallest absolute Gasteiger partial charge is 0.321 e. The zero-order chi connectivity index (χ0) is 16.2. The molecule has 0 unspecified atom stereocenters. The summed E-state index contributed by atoms with van der Waals surface area (Å²) in [7, 11) is 1.46. The first-order chi connectivity index (χ1) is 11.2. The molecule has 0 spiro atoms. The molecule has 1 aromatic carbocycles. The van der Waals surface area contributed by atoms with Crippen LogP contribution in [0, 0.1) is 0 Å². The number of hydrogen-bond acceptors (Lipinski definition) is 5. The number of carbonyl (C=O) groups excluding carboxylic acids is 2. The minimum absolute atomic E-state index is 0.172. The third-order valence-corrected chi connectivity index (χ3v) is 3.94. The fraction of sp³-hybridized carbons (Fsp3) is 0.200. The molecule has 8 heteroatoms. The molecule has 0 aliphatic rings. The van der Waals surface area contributed by atoms with Crippen LogP contribution >= 0.6 is 11.3 Å². The summed E-state index contributed by atoms with van der Waals surface area (Å²) in [5, 5.41) is 6.53. The van der Waals surface area contributed by atoms with Crippen LogP contribution in [0.4, 0.5) is 4.79 Å². The molecule has 3 amide bonds. The van der Waals surface area contributed by atoms with E-state index in [1.165, 1.54) is 18.4 Å². The van der Waals surface area contributed by atoms with Crippen LogP contribution in [0.5, 0.6) is 0 Å². The van der Waals surface area contributed by atoms with E-state index >= 15 is 0 Å². The van der Waals surface area contributed by atoms with E-state index in [9.17, 15) is 9.59 Å². The summed E-state index contributed by atoms with van der Waals surface area (Å²) < 4.78 is 1.95. The molecular formula is C15H15N5O2S. The number of para-hydroxylation sites is 2. The Morgan fingerprint density at radius 2 is 2.13 bits per heavy atom. The van der Waals surface area contributed by atoms with Crippen molar-refractivity contribution in [1.82, 2.24) is 25.2 Å². The van der Waals surface area contributed by atoms with E-state index in [1.54, 1.807) is 5.51 Å². The fourth-order valence-electron chi connectivity index (χ4n) is 2.29. The number of benzene rings is 1. The number of amides is 3. The Labute approximate surface area is 136 Å². The molecule has 3 aromatic rings. The quantitative estimate of drug-likeness (QED) is 0.766. The number of thiazole rings is 1. The molecule has 7 nitrogen and oxygen atoms in total. The number of rotatable bonds is 4. The van der Waals surface area contributed by atoms with Crippen molar-refractivity contribution in [3.8, 4) is 11.5 Å². The lowest BCUT2D eigenvalue weighted by molar-refractivity contribution is -0.120. The Morgan fingerprint density at radius 3 is 2.87 bits per heavy atom. The van der Waals surface area contributed by atoms with E-state index in [-0.39, 0.29) is 12.3 Å². The SMILES string of the molecule is CNC(=O)NC(=O)CCn1c(-c2cscn2)nc2ccccc21. The molecule has 2 heterocycles. The molecule has 2 N–H and O–H groups in total. The van der Waals surface area contributed by atoms with Crippen molar-refractivity contribution in [2.45, 2.75) is 13.0 Å². The second-order valence-electron chi connectivity index (χ2n) is 4.83. The first-order valence-corrected chi connectivity index (χ1v) is 7.98. The average molecular weight is 329 g/mol. The molecule has 0 bridgehead atoms. The van der Waals surface area contributed by atoms with Gasteiger partial charge in [0, 0.05) is 25.4 Å². The largest absolute Gasteiger partial charge is 0.341 e. The molecule has 118 valence electrons. The first-order valence-electron chi connectivity index (χ1n) is 7.04. The zero-order valence-corrected chi connectivity index (χ0v) is 13.3. The molecule has 0 saturated carbocycles. The highest BCUT2D eigenvalue weighted by molar-refractivity contribution is 7.07. The van der Waals surface area contributed by atoms with Crippen LogP contribution < -0.4 is 10.6 Å². The lowest BCUT2D eigenvalue weighted by atomic mass is 10.3. The summed E-state index contributed by atoms with van der Waals surface area (Å²) in [5.74, 6) is 0.381.